The molecule has 7 heteroatoms. The highest BCUT2D eigenvalue weighted by atomic mass is 16.6. The van der Waals surface area contributed by atoms with Crippen LogP contribution in [-0.4, -0.2) is 27.7 Å². The molecule has 0 spiro atoms. The van der Waals surface area contributed by atoms with E-state index in [1.54, 1.807) is 12.1 Å². The van der Waals surface area contributed by atoms with Gasteiger partial charge in [0.15, 0.2) is 0 Å². The van der Waals surface area contributed by atoms with Crippen LogP contribution >= 0.6 is 0 Å². The Kier molecular flexibility index (Phi) is 4.19. The molecule has 0 radical (unpaired) electrons. The number of hydrogen-bond donors (Lipinski definition) is 0. The van der Waals surface area contributed by atoms with Crippen molar-refractivity contribution < 1.29 is 19.2 Å². The lowest BCUT2D eigenvalue weighted by atomic mass is 9.97. The molecule has 27 heavy (non-hydrogen) atoms. The number of carbonyl (C=O) groups excluding carboxylic acids is 2. The van der Waals surface area contributed by atoms with E-state index in [2.05, 4.69) is 0 Å². The van der Waals surface area contributed by atoms with Gasteiger partial charge < -0.3 is 9.64 Å². The molecular weight excluding hydrogens is 348 g/mol. The number of benzene rings is 2. The van der Waals surface area contributed by atoms with Crippen LogP contribution < -0.4 is 0 Å². The summed E-state index contributed by atoms with van der Waals surface area (Å²) < 4.78 is 5.40. The summed E-state index contributed by atoms with van der Waals surface area (Å²) in [5, 5.41) is 10.7. The highest BCUT2D eigenvalue weighted by molar-refractivity contribution is 6.05. The Morgan fingerprint density at radius 2 is 1.81 bits per heavy atom. The molecule has 0 unspecified atom stereocenters. The third-order valence-corrected chi connectivity index (χ3v) is 4.84. The van der Waals surface area contributed by atoms with Gasteiger partial charge in [-0.25, -0.2) is 4.79 Å². The SMILES string of the molecule is O=C(OCc1ccc([N+](=O)[O-])cc1)C1=C(c2ccccc2)C[C@@H]2CC(=O)N12. The monoisotopic (exact) mass is 364 g/mol. The first-order valence-corrected chi connectivity index (χ1v) is 8.55. The van der Waals surface area contributed by atoms with Gasteiger partial charge >= 0.3 is 5.97 Å². The lowest BCUT2D eigenvalue weighted by Crippen LogP contribution is -2.49. The summed E-state index contributed by atoms with van der Waals surface area (Å²) in [5.74, 6) is -0.629. The van der Waals surface area contributed by atoms with Crippen LogP contribution in [0.5, 0.6) is 0 Å². The molecule has 1 saturated heterocycles. The van der Waals surface area contributed by atoms with Gasteiger partial charge in [0.25, 0.3) is 5.69 Å². The number of ether oxygens (including phenoxy) is 1. The number of nitro benzene ring substituents is 1. The Bertz CT molecular complexity index is 950. The van der Waals surface area contributed by atoms with Crippen LogP contribution in [0.1, 0.15) is 24.0 Å². The topological polar surface area (TPSA) is 89.7 Å². The highest BCUT2D eigenvalue weighted by Crippen LogP contribution is 2.43. The zero-order valence-corrected chi connectivity index (χ0v) is 14.3. The lowest BCUT2D eigenvalue weighted by Gasteiger charge is -2.35. The average molecular weight is 364 g/mol. The summed E-state index contributed by atoms with van der Waals surface area (Å²) in [6.07, 6.45) is 1.08. The number of amides is 1. The Morgan fingerprint density at radius 3 is 2.44 bits per heavy atom. The zero-order chi connectivity index (χ0) is 19.0. The van der Waals surface area contributed by atoms with E-state index in [0.717, 1.165) is 11.1 Å². The fourth-order valence-electron chi connectivity index (χ4n) is 3.48. The fraction of sp³-hybridized carbons (Fsp3) is 0.200. The van der Waals surface area contributed by atoms with Crippen molar-refractivity contribution in [2.24, 2.45) is 0 Å². The number of nitrogens with zero attached hydrogens (tertiary/aromatic N) is 2. The van der Waals surface area contributed by atoms with Gasteiger partial charge in [-0.1, -0.05) is 30.3 Å². The molecule has 0 aromatic heterocycles. The van der Waals surface area contributed by atoms with Crippen molar-refractivity contribution in [3.8, 4) is 0 Å². The molecule has 2 aromatic rings. The van der Waals surface area contributed by atoms with Crippen LogP contribution in [0.25, 0.3) is 5.57 Å². The lowest BCUT2D eigenvalue weighted by molar-refractivity contribution is -0.384. The van der Waals surface area contributed by atoms with Crippen LogP contribution in [0.15, 0.2) is 60.3 Å². The minimum absolute atomic E-state index is 0.0188. The van der Waals surface area contributed by atoms with Crippen molar-refractivity contribution in [2.75, 3.05) is 0 Å². The molecule has 0 N–H and O–H groups in total. The minimum atomic E-state index is -0.553. The van der Waals surface area contributed by atoms with Gasteiger partial charge in [0.05, 0.1) is 11.0 Å². The maximum Gasteiger partial charge on any atom is 0.355 e. The number of rotatable bonds is 5. The fourth-order valence-corrected chi connectivity index (χ4v) is 3.48. The van der Waals surface area contributed by atoms with Crippen LogP contribution in [0, 0.1) is 10.1 Å². The molecular formula is C20H16N2O5. The van der Waals surface area contributed by atoms with E-state index in [1.165, 1.54) is 17.0 Å². The zero-order valence-electron chi connectivity index (χ0n) is 14.3. The van der Waals surface area contributed by atoms with Gasteiger partial charge in [-0.15, -0.1) is 0 Å². The first-order valence-electron chi connectivity index (χ1n) is 8.55. The van der Waals surface area contributed by atoms with E-state index in [0.29, 0.717) is 24.1 Å². The van der Waals surface area contributed by atoms with E-state index in [-0.39, 0.29) is 24.2 Å². The average Bonchev–Trinajstić information content (AvgIpc) is 3.00. The summed E-state index contributed by atoms with van der Waals surface area (Å²) in [6, 6.07) is 15.3. The molecule has 2 aliphatic rings. The molecule has 2 aromatic carbocycles. The molecule has 2 heterocycles. The van der Waals surface area contributed by atoms with E-state index < -0.39 is 10.9 Å². The molecule has 1 fully saturated rings. The van der Waals surface area contributed by atoms with Gasteiger partial charge in [-0.05, 0) is 35.3 Å². The first-order chi connectivity index (χ1) is 13.0. The van der Waals surface area contributed by atoms with Crippen LogP contribution in [0.4, 0.5) is 5.69 Å². The molecule has 0 saturated carbocycles. The second-order valence-electron chi connectivity index (χ2n) is 6.52. The van der Waals surface area contributed by atoms with Crippen LogP contribution in [0.2, 0.25) is 0 Å². The van der Waals surface area contributed by atoms with E-state index in [1.807, 2.05) is 30.3 Å². The molecule has 136 valence electrons. The maximum atomic E-state index is 12.7. The van der Waals surface area contributed by atoms with E-state index >= 15 is 0 Å². The van der Waals surface area contributed by atoms with Gasteiger partial charge in [0.2, 0.25) is 5.91 Å². The van der Waals surface area contributed by atoms with Crippen molar-refractivity contribution in [1.29, 1.82) is 0 Å². The highest BCUT2D eigenvalue weighted by Gasteiger charge is 2.48. The number of esters is 1. The molecule has 2 aliphatic heterocycles. The molecule has 0 bridgehead atoms. The van der Waals surface area contributed by atoms with Gasteiger partial charge in [0.1, 0.15) is 12.3 Å². The third-order valence-electron chi connectivity index (χ3n) is 4.84. The Balaban J connectivity index is 1.55. The van der Waals surface area contributed by atoms with Gasteiger partial charge in [-0.3, -0.25) is 14.9 Å². The molecule has 0 aliphatic carbocycles. The molecule has 7 nitrogen and oxygen atoms in total. The Morgan fingerprint density at radius 1 is 1.11 bits per heavy atom. The third kappa shape index (κ3) is 3.08. The van der Waals surface area contributed by atoms with Gasteiger partial charge in [-0.2, -0.15) is 0 Å². The minimum Gasteiger partial charge on any atom is -0.456 e. The summed E-state index contributed by atoms with van der Waals surface area (Å²) >= 11 is 0. The second-order valence-corrected chi connectivity index (χ2v) is 6.52. The molecule has 1 atom stereocenters. The van der Waals surface area contributed by atoms with Crippen molar-refractivity contribution in [3.63, 3.8) is 0 Å². The number of carbonyl (C=O) groups is 2. The molecule has 4 rings (SSSR count). The largest absolute Gasteiger partial charge is 0.456 e. The smallest absolute Gasteiger partial charge is 0.355 e. The summed E-state index contributed by atoms with van der Waals surface area (Å²) in [6.45, 7) is -0.0188. The summed E-state index contributed by atoms with van der Waals surface area (Å²) in [7, 11) is 0. The van der Waals surface area contributed by atoms with Crippen molar-refractivity contribution >= 4 is 23.1 Å². The quantitative estimate of drug-likeness (QED) is 0.352. The van der Waals surface area contributed by atoms with Crippen molar-refractivity contribution in [2.45, 2.75) is 25.5 Å². The number of β-lactam (4-membered cyclic amide) rings is 1. The van der Waals surface area contributed by atoms with Crippen LogP contribution in [-0.2, 0) is 20.9 Å². The predicted molar refractivity (Wildman–Crippen MR) is 96.1 cm³/mol. The number of fused-ring (bicyclic) bond motifs is 1. The van der Waals surface area contributed by atoms with Crippen LogP contribution in [0.3, 0.4) is 0 Å². The standard InChI is InChI=1S/C20H16N2O5/c23-18-11-16-10-17(14-4-2-1-3-5-14)19(21(16)18)20(24)27-12-13-6-8-15(9-7-13)22(25)26/h1-9,16H,10-12H2/t16-/m1/s1. The van der Waals surface area contributed by atoms with E-state index in [4.69, 9.17) is 4.74 Å². The van der Waals surface area contributed by atoms with Crippen molar-refractivity contribution in [3.05, 3.63) is 81.5 Å². The number of nitro groups is 1. The first kappa shape index (κ1) is 17.0. The molecule has 1 amide bonds. The second kappa shape index (κ2) is 6.68. The van der Waals surface area contributed by atoms with Crippen molar-refractivity contribution in [1.82, 2.24) is 4.90 Å². The normalized spacial score (nSPS) is 18.1. The Hall–Kier alpha value is -3.48. The van der Waals surface area contributed by atoms with Gasteiger partial charge in [0, 0.05) is 18.6 Å². The van der Waals surface area contributed by atoms with E-state index in [9.17, 15) is 19.7 Å². The maximum absolute atomic E-state index is 12.7. The number of hydrogen-bond acceptors (Lipinski definition) is 5. The Labute approximate surface area is 155 Å². The summed E-state index contributed by atoms with van der Waals surface area (Å²) in [4.78, 5) is 36.5. The number of non-ortho nitro benzene ring substituents is 1. The summed E-state index contributed by atoms with van der Waals surface area (Å²) in [5.41, 5.74) is 2.65. The predicted octanol–water partition coefficient (Wildman–Crippen LogP) is 3.05.